The molecule has 95 heavy (non-hydrogen) atoms. The molecule has 0 unspecified atom stereocenters. The summed E-state index contributed by atoms with van der Waals surface area (Å²) in [6.45, 7) is 22.9. The lowest BCUT2D eigenvalue weighted by molar-refractivity contribution is 0.350. The van der Waals surface area contributed by atoms with Gasteiger partial charge in [-0.25, -0.2) is 0 Å². The molecule has 2 aliphatic rings. The van der Waals surface area contributed by atoms with E-state index in [1.165, 1.54) is 113 Å². The maximum absolute atomic E-state index is 2.58. The Morgan fingerprint density at radius 3 is 0.789 bits per heavy atom. The van der Waals surface area contributed by atoms with E-state index in [9.17, 15) is 0 Å². The highest BCUT2D eigenvalue weighted by Crippen LogP contribution is 2.63. The Kier molecular flexibility index (Phi) is 19.8. The summed E-state index contributed by atoms with van der Waals surface area (Å²) in [7, 11) is 0. The van der Waals surface area contributed by atoms with Gasteiger partial charge in [-0.15, -0.1) is 0 Å². The first-order chi connectivity index (χ1) is 46.3. The molecule has 476 valence electrons. The molecule has 2 nitrogen and oxygen atoms in total. The van der Waals surface area contributed by atoms with Crippen LogP contribution >= 0.6 is 0 Å². The van der Waals surface area contributed by atoms with E-state index >= 15 is 0 Å². The topological polar surface area (TPSA) is 6.48 Å². The monoisotopic (exact) mass is 1240 g/mol. The summed E-state index contributed by atoms with van der Waals surface area (Å²) >= 11 is 0. The Hall–Kier alpha value is -9.76. The predicted molar refractivity (Wildman–Crippen MR) is 411 cm³/mol. The summed E-state index contributed by atoms with van der Waals surface area (Å²) in [6.07, 6.45) is 9.10. The average Bonchev–Trinajstić information content (AvgIpc) is 1.53. The molecule has 0 bridgehead atoms. The van der Waals surface area contributed by atoms with Crippen LogP contribution in [0.15, 0.2) is 291 Å². The van der Waals surface area contributed by atoms with Crippen LogP contribution in [0.3, 0.4) is 0 Å². The molecule has 0 radical (unpaired) electrons. The number of anilines is 6. The zero-order valence-corrected chi connectivity index (χ0v) is 57.8. The van der Waals surface area contributed by atoms with Crippen LogP contribution in [0, 0.1) is 0 Å². The molecule has 12 aromatic rings. The summed E-state index contributed by atoms with van der Waals surface area (Å²) in [6, 6.07) is 109. The van der Waals surface area contributed by atoms with Crippen LogP contribution in [-0.4, -0.2) is 0 Å². The first-order valence-electron chi connectivity index (χ1n) is 35.1. The molecule has 0 N–H and O–H groups in total. The summed E-state index contributed by atoms with van der Waals surface area (Å²) in [4.78, 5) is 4.84. The Morgan fingerprint density at radius 1 is 0.242 bits per heavy atom. The van der Waals surface area contributed by atoms with Gasteiger partial charge in [-0.1, -0.05) is 301 Å². The van der Waals surface area contributed by atoms with Gasteiger partial charge in [0.2, 0.25) is 0 Å². The number of rotatable bonds is 16. The average molecular weight is 1240 g/mol. The number of benzene rings is 12. The van der Waals surface area contributed by atoms with E-state index in [4.69, 9.17) is 0 Å². The van der Waals surface area contributed by atoms with Crippen molar-refractivity contribution in [2.75, 3.05) is 9.80 Å². The fourth-order valence-corrected chi connectivity index (χ4v) is 15.0. The largest absolute Gasteiger partial charge is 0.310 e. The third kappa shape index (κ3) is 13.9. The molecule has 0 aromatic heterocycles. The summed E-state index contributed by atoms with van der Waals surface area (Å²) < 4.78 is 0. The minimum Gasteiger partial charge on any atom is -0.310 e. The first kappa shape index (κ1) is 65.3. The number of aryl methyl sites for hydroxylation is 2. The zero-order valence-electron chi connectivity index (χ0n) is 57.8. The van der Waals surface area contributed by atoms with E-state index in [-0.39, 0.29) is 16.2 Å². The van der Waals surface area contributed by atoms with Gasteiger partial charge in [-0.3, -0.25) is 0 Å². The quantitative estimate of drug-likeness (QED) is 0.0951. The lowest BCUT2D eigenvalue weighted by Crippen LogP contribution is -2.27. The van der Waals surface area contributed by atoms with Crippen molar-refractivity contribution in [2.45, 2.75) is 137 Å². The Balaban J connectivity index is 0.00000139. The Morgan fingerprint density at radius 2 is 0.495 bits per heavy atom. The smallest absolute Gasteiger partial charge is 0.0467 e. The van der Waals surface area contributed by atoms with E-state index in [0.717, 1.165) is 72.6 Å². The van der Waals surface area contributed by atoms with E-state index < -0.39 is 0 Å². The lowest BCUT2D eigenvalue weighted by Gasteiger charge is -2.31. The van der Waals surface area contributed by atoms with Crippen molar-refractivity contribution < 1.29 is 0 Å². The maximum Gasteiger partial charge on any atom is 0.0467 e. The molecule has 0 aliphatic heterocycles. The Labute approximate surface area is 568 Å². The van der Waals surface area contributed by atoms with Gasteiger partial charge in [-0.2, -0.15) is 0 Å². The van der Waals surface area contributed by atoms with Crippen LogP contribution in [0.5, 0.6) is 0 Å². The molecule has 0 heterocycles. The highest BCUT2D eigenvalue weighted by atomic mass is 15.1. The van der Waals surface area contributed by atoms with E-state index in [2.05, 4.69) is 370 Å². The van der Waals surface area contributed by atoms with Crippen molar-refractivity contribution in [3.8, 4) is 66.8 Å². The molecule has 0 atom stereocenters. The normalized spacial score (nSPS) is 13.6. The molecule has 14 rings (SSSR count). The first-order valence-corrected chi connectivity index (χ1v) is 35.1. The molecule has 12 aromatic carbocycles. The number of hydrogen-bond donors (Lipinski definition) is 0. The van der Waals surface area contributed by atoms with E-state index in [1.807, 2.05) is 0 Å². The van der Waals surface area contributed by atoms with Crippen LogP contribution in [0.2, 0.25) is 0 Å². The minimum absolute atomic E-state index is 0.0274. The SMILES string of the molecule is CCC.CCC.CCCc1ccc(-c2ccc(N(c3ccc(-c4ccccc4)cc3)c3cccc(-c4ccc5c(c4)C4(CC5(C)C)CC(C)(C)c5ccc(-c6cccc(N(c7ccc(-c8ccccc8)cc7)c7ccc(-c8ccc(CCC)cc8)cc7)c6)cc54)c3)cc2)cc1. The number of fused-ring (bicyclic) bond motifs is 4. The van der Waals surface area contributed by atoms with Crippen molar-refractivity contribution in [1.29, 1.82) is 0 Å². The van der Waals surface area contributed by atoms with Crippen LogP contribution in [0.25, 0.3) is 66.8 Å². The molecule has 2 heteroatoms. The second-order valence-corrected chi connectivity index (χ2v) is 27.7. The fourth-order valence-electron chi connectivity index (χ4n) is 15.0. The zero-order chi connectivity index (χ0) is 66.1. The van der Waals surface area contributed by atoms with Gasteiger partial charge in [0.15, 0.2) is 0 Å². The lowest BCUT2D eigenvalue weighted by atomic mass is 9.72. The highest BCUT2D eigenvalue weighted by molar-refractivity contribution is 5.85. The van der Waals surface area contributed by atoms with Gasteiger partial charge in [-0.05, 0) is 222 Å². The predicted octanol–water partition coefficient (Wildman–Crippen LogP) is 27.0. The molecule has 0 amide bonds. The number of hydrogen-bond acceptors (Lipinski definition) is 2. The molecule has 2 aliphatic carbocycles. The standard InChI is InChI=1S/C87H78N2.2C3H8/c1-7-17-61-27-31-65(32-28-61)69-39-49-77(50-40-69)88(75-45-35-67(36-46-75)63-19-11-9-12-20-63)79-25-15-23-71(55-79)73-43-53-81-83(57-73)87(59-85(81,3)4)60-86(5,6)82-54-44-74(58-84(82)87)72-24-16-26-80(56-72)89(76-47-37-68(38-48-76)64-21-13-10-14-22-64)78-51-41-70(42-52-78)66-33-29-62(18-8-2)30-34-66;2*1-3-2/h9-16,19-58H,7-8,17-18,59-60H2,1-6H3;2*3H2,1-2H3. The molecule has 0 saturated carbocycles. The van der Waals surface area contributed by atoms with Crippen molar-refractivity contribution in [2.24, 2.45) is 0 Å². The van der Waals surface area contributed by atoms with Crippen LogP contribution in [0.1, 0.15) is 141 Å². The van der Waals surface area contributed by atoms with Crippen molar-refractivity contribution in [3.63, 3.8) is 0 Å². The van der Waals surface area contributed by atoms with Crippen LogP contribution in [0.4, 0.5) is 34.1 Å². The van der Waals surface area contributed by atoms with E-state index in [0.29, 0.717) is 0 Å². The number of nitrogens with zero attached hydrogens (tertiary/aromatic N) is 2. The van der Waals surface area contributed by atoms with Crippen molar-refractivity contribution in [3.05, 3.63) is 325 Å². The maximum atomic E-state index is 2.58. The van der Waals surface area contributed by atoms with Crippen LogP contribution in [-0.2, 0) is 29.1 Å². The molecule has 0 fully saturated rings. The molecule has 1 spiro atoms. The van der Waals surface area contributed by atoms with E-state index in [1.54, 1.807) is 0 Å². The molecular weight excluding hydrogens is 1150 g/mol. The highest BCUT2D eigenvalue weighted by Gasteiger charge is 2.56. The van der Waals surface area contributed by atoms with Gasteiger partial charge < -0.3 is 9.80 Å². The summed E-state index contributed by atoms with van der Waals surface area (Å²) in [5.74, 6) is 0. The van der Waals surface area contributed by atoms with Gasteiger partial charge >= 0.3 is 0 Å². The van der Waals surface area contributed by atoms with Gasteiger partial charge in [0.05, 0.1) is 0 Å². The van der Waals surface area contributed by atoms with Gasteiger partial charge in [0, 0.05) is 39.5 Å². The summed E-state index contributed by atoms with van der Waals surface area (Å²) in [5.41, 5.74) is 29.7. The second-order valence-electron chi connectivity index (χ2n) is 27.7. The molecule has 0 saturated heterocycles. The van der Waals surface area contributed by atoms with Crippen LogP contribution < -0.4 is 9.80 Å². The molecular formula is C93H94N2. The minimum atomic E-state index is -0.173. The fraction of sp³-hybridized carbons (Fsp3) is 0.226. The third-order valence-electron chi connectivity index (χ3n) is 19.3. The third-order valence-corrected chi connectivity index (χ3v) is 19.3. The Bertz CT molecular complexity index is 4190. The second kappa shape index (κ2) is 28.8. The summed E-state index contributed by atoms with van der Waals surface area (Å²) in [5, 5.41) is 0. The van der Waals surface area contributed by atoms with Crippen molar-refractivity contribution >= 4 is 34.1 Å². The van der Waals surface area contributed by atoms with Gasteiger partial charge in [0.1, 0.15) is 0 Å². The van der Waals surface area contributed by atoms with Crippen molar-refractivity contribution in [1.82, 2.24) is 0 Å². The van der Waals surface area contributed by atoms with Gasteiger partial charge in [0.25, 0.3) is 0 Å².